The molecule has 184 valence electrons. The molecule has 0 saturated heterocycles. The topological polar surface area (TPSA) is 55.6 Å². The molecule has 0 aliphatic rings. The number of rotatable bonds is 8. The quantitative estimate of drug-likeness (QED) is 0.257. The maximum atomic E-state index is 6.14. The zero-order valence-corrected chi connectivity index (χ0v) is 21.6. The van der Waals surface area contributed by atoms with Gasteiger partial charge in [-0.05, 0) is 82.6 Å². The largest absolute Gasteiger partial charge is 0.492 e. The highest BCUT2D eigenvalue weighted by Crippen LogP contribution is 2.38. The molecule has 6 nitrogen and oxygen atoms in total. The number of hydrogen-bond acceptors (Lipinski definition) is 5. The van der Waals surface area contributed by atoms with E-state index in [9.17, 15) is 0 Å². The maximum absolute atomic E-state index is 6.14. The fourth-order valence-electron chi connectivity index (χ4n) is 4.94. The molecule has 6 heteroatoms. The van der Waals surface area contributed by atoms with E-state index in [-0.39, 0.29) is 0 Å². The Morgan fingerprint density at radius 3 is 2.56 bits per heavy atom. The second-order valence-corrected chi connectivity index (χ2v) is 9.73. The molecule has 5 aromatic rings. The summed E-state index contributed by atoms with van der Waals surface area (Å²) in [4.78, 5) is 11.9. The lowest BCUT2D eigenvalue weighted by atomic mass is 9.98. The lowest BCUT2D eigenvalue weighted by Gasteiger charge is -2.30. The number of aryl methyl sites for hydroxylation is 1. The number of aromatic nitrogens is 4. The van der Waals surface area contributed by atoms with Crippen LogP contribution in [0.15, 0.2) is 73.1 Å². The normalized spacial score (nSPS) is 11.9. The smallest absolute Gasteiger partial charge is 0.121 e. The van der Waals surface area contributed by atoms with Crippen molar-refractivity contribution in [2.75, 3.05) is 13.2 Å². The van der Waals surface area contributed by atoms with Crippen molar-refractivity contribution < 1.29 is 4.74 Å². The van der Waals surface area contributed by atoms with Crippen molar-refractivity contribution in [1.82, 2.24) is 24.5 Å². The van der Waals surface area contributed by atoms with Crippen molar-refractivity contribution in [3.63, 3.8) is 0 Å². The number of pyridine rings is 3. The summed E-state index contributed by atoms with van der Waals surface area (Å²) in [7, 11) is 0. The van der Waals surface area contributed by atoms with Gasteiger partial charge in [0.1, 0.15) is 18.1 Å². The van der Waals surface area contributed by atoms with Crippen molar-refractivity contribution in [2.24, 2.45) is 0 Å². The van der Waals surface area contributed by atoms with Crippen molar-refractivity contribution >= 4 is 16.4 Å². The second-order valence-electron chi connectivity index (χ2n) is 9.73. The van der Waals surface area contributed by atoms with Crippen LogP contribution in [0.3, 0.4) is 0 Å². The molecule has 0 aliphatic carbocycles. The number of nitrogens with zero attached hydrogens (tertiary/aromatic N) is 5. The summed E-state index contributed by atoms with van der Waals surface area (Å²) in [6.07, 6.45) is 3.84. The monoisotopic (exact) mass is 479 g/mol. The summed E-state index contributed by atoms with van der Waals surface area (Å²) in [6.45, 7) is 12.4. The van der Waals surface area contributed by atoms with Crippen LogP contribution in [0.4, 0.5) is 0 Å². The first kappa shape index (κ1) is 23.9. The van der Waals surface area contributed by atoms with E-state index in [4.69, 9.17) is 14.8 Å². The molecular weight excluding hydrogens is 446 g/mol. The van der Waals surface area contributed by atoms with Crippen LogP contribution in [0.25, 0.3) is 38.9 Å². The van der Waals surface area contributed by atoms with Gasteiger partial charge in [-0.3, -0.25) is 14.9 Å². The first-order chi connectivity index (χ1) is 17.4. The Morgan fingerprint density at radius 2 is 1.78 bits per heavy atom. The molecule has 0 N–H and O–H groups in total. The lowest BCUT2D eigenvalue weighted by Crippen LogP contribution is -2.39. The van der Waals surface area contributed by atoms with Crippen LogP contribution < -0.4 is 4.74 Å². The number of hydrogen-bond donors (Lipinski definition) is 0. The summed E-state index contributed by atoms with van der Waals surface area (Å²) >= 11 is 0. The molecule has 0 saturated carbocycles. The Balaban J connectivity index is 1.53. The summed E-state index contributed by atoms with van der Waals surface area (Å²) in [5, 5.41) is 5.97. The van der Waals surface area contributed by atoms with Gasteiger partial charge in [0.25, 0.3) is 0 Å². The third kappa shape index (κ3) is 4.69. The van der Waals surface area contributed by atoms with E-state index >= 15 is 0 Å². The first-order valence-corrected chi connectivity index (χ1v) is 12.6. The van der Waals surface area contributed by atoms with Crippen molar-refractivity contribution in [2.45, 2.75) is 46.7 Å². The van der Waals surface area contributed by atoms with Gasteiger partial charge in [0.05, 0.1) is 16.7 Å². The third-order valence-electron chi connectivity index (χ3n) is 6.60. The molecule has 0 fully saturated rings. The van der Waals surface area contributed by atoms with Gasteiger partial charge in [0.15, 0.2) is 0 Å². The van der Waals surface area contributed by atoms with Crippen molar-refractivity contribution in [1.29, 1.82) is 0 Å². The van der Waals surface area contributed by atoms with Gasteiger partial charge in [-0.15, -0.1) is 0 Å². The lowest BCUT2D eigenvalue weighted by molar-refractivity contribution is 0.142. The molecule has 36 heavy (non-hydrogen) atoms. The van der Waals surface area contributed by atoms with Gasteiger partial charge in [0.2, 0.25) is 0 Å². The Bertz CT molecular complexity index is 1500. The van der Waals surface area contributed by atoms with E-state index in [0.717, 1.165) is 56.9 Å². The molecule has 0 unspecified atom stereocenters. The molecule has 0 aliphatic heterocycles. The minimum atomic E-state index is 0.484. The second kappa shape index (κ2) is 10.1. The molecule has 0 spiro atoms. The van der Waals surface area contributed by atoms with E-state index in [1.54, 1.807) is 0 Å². The molecule has 0 bridgehead atoms. The summed E-state index contributed by atoms with van der Waals surface area (Å²) in [5.74, 6) is 0.833. The molecule has 1 aromatic carbocycles. The third-order valence-corrected chi connectivity index (χ3v) is 6.60. The van der Waals surface area contributed by atoms with Crippen LogP contribution in [-0.2, 0) is 0 Å². The molecule has 4 aromatic heterocycles. The standard InChI is InChI=1S/C30H33N5O/c1-20(2)34(21(3)4)17-18-36-23-12-13-24-25(14-15-31-27(24)19-23)29-28-11-6-7-16-35(28)33-30(29)26-10-8-9-22(5)32-26/h6-16,19-21H,17-18H2,1-5H3. The first-order valence-electron chi connectivity index (χ1n) is 12.6. The van der Waals surface area contributed by atoms with Crippen LogP contribution >= 0.6 is 0 Å². The van der Waals surface area contributed by atoms with E-state index in [1.165, 1.54) is 0 Å². The predicted molar refractivity (Wildman–Crippen MR) is 146 cm³/mol. The van der Waals surface area contributed by atoms with E-state index in [2.05, 4.69) is 55.8 Å². The van der Waals surface area contributed by atoms with Crippen LogP contribution in [0.1, 0.15) is 33.4 Å². The van der Waals surface area contributed by atoms with Crippen molar-refractivity contribution in [3.05, 3.63) is 78.8 Å². The maximum Gasteiger partial charge on any atom is 0.121 e. The van der Waals surface area contributed by atoms with Gasteiger partial charge in [0, 0.05) is 53.7 Å². The Hall–Kier alpha value is -3.77. The minimum absolute atomic E-state index is 0.484. The molecule has 0 amide bonds. The molecule has 0 radical (unpaired) electrons. The Kier molecular flexibility index (Phi) is 6.70. The van der Waals surface area contributed by atoms with Crippen LogP contribution in [0.2, 0.25) is 0 Å². The highest BCUT2D eigenvalue weighted by Gasteiger charge is 2.20. The fraction of sp³-hybridized carbons (Fsp3) is 0.300. The Labute approximate surface area is 212 Å². The molecule has 5 rings (SSSR count). The average molecular weight is 480 g/mol. The van der Waals surface area contributed by atoms with Gasteiger partial charge < -0.3 is 4.74 Å². The van der Waals surface area contributed by atoms with E-state index < -0.39 is 0 Å². The van der Waals surface area contributed by atoms with Gasteiger partial charge in [-0.25, -0.2) is 4.52 Å². The van der Waals surface area contributed by atoms with E-state index in [1.807, 2.05) is 66.3 Å². The van der Waals surface area contributed by atoms with Crippen molar-refractivity contribution in [3.8, 4) is 28.3 Å². The zero-order valence-electron chi connectivity index (χ0n) is 21.6. The highest BCUT2D eigenvalue weighted by atomic mass is 16.5. The zero-order chi connectivity index (χ0) is 25.2. The SMILES string of the molecule is Cc1cccc(-c2nn3ccccc3c2-c2ccnc3cc(OCCN(C(C)C)C(C)C)ccc23)n1. The summed E-state index contributed by atoms with van der Waals surface area (Å²) in [6, 6.07) is 21.4. The van der Waals surface area contributed by atoms with Gasteiger partial charge in [-0.2, -0.15) is 5.10 Å². The predicted octanol–water partition coefficient (Wildman–Crippen LogP) is 6.42. The van der Waals surface area contributed by atoms with Gasteiger partial charge >= 0.3 is 0 Å². The number of benzene rings is 1. The Morgan fingerprint density at radius 1 is 0.944 bits per heavy atom. The highest BCUT2D eigenvalue weighted by molar-refractivity contribution is 6.03. The summed E-state index contributed by atoms with van der Waals surface area (Å²) < 4.78 is 8.07. The fourth-order valence-corrected chi connectivity index (χ4v) is 4.94. The van der Waals surface area contributed by atoms with E-state index in [0.29, 0.717) is 18.7 Å². The number of fused-ring (bicyclic) bond motifs is 2. The van der Waals surface area contributed by atoms with Crippen LogP contribution in [-0.4, -0.2) is 49.7 Å². The van der Waals surface area contributed by atoms with Crippen LogP contribution in [0.5, 0.6) is 5.75 Å². The van der Waals surface area contributed by atoms with Crippen LogP contribution in [0, 0.1) is 6.92 Å². The summed E-state index contributed by atoms with van der Waals surface area (Å²) in [5.41, 5.74) is 6.75. The molecule has 0 atom stereocenters. The molecule has 4 heterocycles. The average Bonchev–Trinajstić information content (AvgIpc) is 3.25. The minimum Gasteiger partial charge on any atom is -0.492 e. The number of ether oxygens (including phenoxy) is 1. The van der Waals surface area contributed by atoms with Gasteiger partial charge in [-0.1, -0.05) is 12.1 Å². The molecular formula is C30H33N5O.